The van der Waals surface area contributed by atoms with Crippen molar-refractivity contribution in [3.05, 3.63) is 29.8 Å². The highest BCUT2D eigenvalue weighted by atomic mass is 16.5. The maximum absolute atomic E-state index is 11.6. The van der Waals surface area contributed by atoms with Crippen LogP contribution >= 0.6 is 0 Å². The lowest BCUT2D eigenvalue weighted by Crippen LogP contribution is -2.41. The third-order valence-electron chi connectivity index (χ3n) is 2.28. The molecule has 1 atom stereocenters. The number of carbonyl (C=O) groups is 2. The number of amides is 2. The Kier molecular flexibility index (Phi) is 5.13. The molecule has 0 aliphatic carbocycles. The number of nitrogens with one attached hydrogen (secondary N) is 2. The third-order valence-corrected chi connectivity index (χ3v) is 2.28. The van der Waals surface area contributed by atoms with E-state index in [1.165, 1.54) is 6.92 Å². The Morgan fingerprint density at radius 1 is 1.39 bits per heavy atom. The van der Waals surface area contributed by atoms with Crippen LogP contribution in [0.2, 0.25) is 0 Å². The average Bonchev–Trinajstić information content (AvgIpc) is 2.31. The number of aliphatic carboxylic acids is 1. The molecule has 0 aliphatic rings. The Labute approximate surface area is 105 Å². The van der Waals surface area contributed by atoms with Gasteiger partial charge in [-0.2, -0.15) is 0 Å². The fraction of sp³-hybridized carbons (Fsp3) is 0.333. The van der Waals surface area contributed by atoms with Crippen molar-refractivity contribution < 1.29 is 19.4 Å². The highest BCUT2D eigenvalue weighted by molar-refractivity contribution is 5.92. The molecule has 0 saturated heterocycles. The Morgan fingerprint density at radius 2 is 2.06 bits per heavy atom. The molecule has 98 valence electrons. The molecule has 1 rings (SSSR count). The molecule has 6 nitrogen and oxygen atoms in total. The Balaban J connectivity index is 2.66. The molecular formula is C12H16N2O4. The molecule has 0 heterocycles. The molecule has 0 unspecified atom stereocenters. The molecule has 0 bridgehead atoms. The molecule has 1 aromatic carbocycles. The second-order valence-electron chi connectivity index (χ2n) is 3.75. The van der Waals surface area contributed by atoms with Gasteiger partial charge in [0.1, 0.15) is 6.04 Å². The first-order valence-corrected chi connectivity index (χ1v) is 5.41. The number of carbonyl (C=O) groups excluding carboxylic acids is 1. The second kappa shape index (κ2) is 6.61. The number of anilines is 1. The highest BCUT2D eigenvalue weighted by Gasteiger charge is 2.14. The van der Waals surface area contributed by atoms with Crippen LogP contribution in [0.15, 0.2) is 24.3 Å². The van der Waals surface area contributed by atoms with Crippen LogP contribution in [0.1, 0.15) is 12.5 Å². The van der Waals surface area contributed by atoms with Crippen LogP contribution in [-0.2, 0) is 16.1 Å². The van der Waals surface area contributed by atoms with Gasteiger partial charge in [0.25, 0.3) is 0 Å². The van der Waals surface area contributed by atoms with Gasteiger partial charge in [-0.3, -0.25) is 4.79 Å². The van der Waals surface area contributed by atoms with Crippen LogP contribution in [0.5, 0.6) is 0 Å². The minimum absolute atomic E-state index is 0.366. The highest BCUT2D eigenvalue weighted by Crippen LogP contribution is 2.15. The largest absolute Gasteiger partial charge is 0.480 e. The van der Waals surface area contributed by atoms with Crippen LogP contribution < -0.4 is 10.6 Å². The molecule has 0 fully saturated rings. The van der Waals surface area contributed by atoms with Crippen molar-refractivity contribution in [1.29, 1.82) is 0 Å². The Morgan fingerprint density at radius 3 is 2.67 bits per heavy atom. The minimum Gasteiger partial charge on any atom is -0.480 e. The van der Waals surface area contributed by atoms with E-state index in [-0.39, 0.29) is 0 Å². The number of methoxy groups -OCH3 is 1. The molecule has 0 radical (unpaired) electrons. The number of hydrogen-bond donors (Lipinski definition) is 3. The van der Waals surface area contributed by atoms with Gasteiger partial charge in [0.2, 0.25) is 0 Å². The fourth-order valence-electron chi connectivity index (χ4n) is 1.34. The van der Waals surface area contributed by atoms with Gasteiger partial charge in [-0.15, -0.1) is 0 Å². The summed E-state index contributed by atoms with van der Waals surface area (Å²) in [5.74, 6) is -1.09. The number of urea groups is 1. The summed E-state index contributed by atoms with van der Waals surface area (Å²) in [5.41, 5.74) is 1.41. The maximum Gasteiger partial charge on any atom is 0.325 e. The predicted molar refractivity (Wildman–Crippen MR) is 66.4 cm³/mol. The molecule has 0 aliphatic heterocycles. The van der Waals surface area contributed by atoms with E-state index in [2.05, 4.69) is 10.6 Å². The first kappa shape index (κ1) is 14.0. The fourth-order valence-corrected chi connectivity index (χ4v) is 1.34. The van der Waals surface area contributed by atoms with Crippen LogP contribution in [-0.4, -0.2) is 30.3 Å². The van der Waals surface area contributed by atoms with Crippen molar-refractivity contribution >= 4 is 17.7 Å². The molecule has 18 heavy (non-hydrogen) atoms. The van der Waals surface area contributed by atoms with Crippen molar-refractivity contribution in [2.45, 2.75) is 19.6 Å². The van der Waals surface area contributed by atoms with Gasteiger partial charge >= 0.3 is 12.0 Å². The van der Waals surface area contributed by atoms with Crippen LogP contribution in [0.4, 0.5) is 10.5 Å². The first-order chi connectivity index (χ1) is 8.54. The summed E-state index contributed by atoms with van der Waals surface area (Å²) in [6.45, 7) is 1.76. The summed E-state index contributed by atoms with van der Waals surface area (Å²) >= 11 is 0. The van der Waals surface area contributed by atoms with Crippen LogP contribution in [0, 0.1) is 0 Å². The average molecular weight is 252 g/mol. The molecule has 6 heteroatoms. The predicted octanol–water partition coefficient (Wildman–Crippen LogP) is 1.43. The number of carboxylic acids is 1. The lowest BCUT2D eigenvalue weighted by Gasteiger charge is -2.13. The van der Waals surface area contributed by atoms with Crippen LogP contribution in [0.3, 0.4) is 0 Å². The lowest BCUT2D eigenvalue weighted by molar-refractivity contribution is -0.138. The molecule has 0 saturated carbocycles. The number of benzene rings is 1. The van der Waals surface area contributed by atoms with E-state index in [1.54, 1.807) is 19.2 Å². The number of para-hydroxylation sites is 1. The molecule has 0 aromatic heterocycles. The van der Waals surface area contributed by atoms with Crippen molar-refractivity contribution in [3.8, 4) is 0 Å². The summed E-state index contributed by atoms with van der Waals surface area (Å²) in [6.07, 6.45) is 0. The van der Waals surface area contributed by atoms with E-state index in [4.69, 9.17) is 9.84 Å². The van der Waals surface area contributed by atoms with E-state index in [1.807, 2.05) is 12.1 Å². The summed E-state index contributed by atoms with van der Waals surface area (Å²) in [6, 6.07) is 5.64. The van der Waals surface area contributed by atoms with Gasteiger partial charge in [-0.1, -0.05) is 18.2 Å². The minimum atomic E-state index is -1.09. The smallest absolute Gasteiger partial charge is 0.325 e. The van der Waals surface area contributed by atoms with Gasteiger partial charge in [0.15, 0.2) is 0 Å². The van der Waals surface area contributed by atoms with Crippen LogP contribution in [0.25, 0.3) is 0 Å². The van der Waals surface area contributed by atoms with Crippen molar-refractivity contribution in [1.82, 2.24) is 5.32 Å². The normalized spacial score (nSPS) is 11.7. The van der Waals surface area contributed by atoms with E-state index >= 15 is 0 Å². The summed E-state index contributed by atoms with van der Waals surface area (Å²) in [7, 11) is 1.56. The lowest BCUT2D eigenvalue weighted by atomic mass is 10.2. The topological polar surface area (TPSA) is 87.7 Å². The van der Waals surface area contributed by atoms with E-state index in [9.17, 15) is 9.59 Å². The van der Waals surface area contributed by atoms with Crippen molar-refractivity contribution in [2.75, 3.05) is 12.4 Å². The second-order valence-corrected chi connectivity index (χ2v) is 3.75. The van der Waals surface area contributed by atoms with E-state index in [0.29, 0.717) is 12.3 Å². The number of ether oxygens (including phenoxy) is 1. The molecular weight excluding hydrogens is 236 g/mol. The Hall–Kier alpha value is -2.08. The number of carboxylic acid groups (broad SMARTS) is 1. The SMILES string of the molecule is COCc1ccccc1NC(=O)N[C@H](C)C(=O)O. The standard InChI is InChI=1S/C12H16N2O4/c1-8(11(15)16)13-12(17)14-10-6-4-3-5-9(10)7-18-2/h3-6,8H,7H2,1-2H3,(H,15,16)(H2,13,14,17)/t8-/m1/s1. The summed E-state index contributed by atoms with van der Waals surface area (Å²) in [5, 5.41) is 13.6. The zero-order valence-corrected chi connectivity index (χ0v) is 10.3. The zero-order valence-electron chi connectivity index (χ0n) is 10.3. The van der Waals surface area contributed by atoms with Gasteiger partial charge in [-0.25, -0.2) is 4.79 Å². The molecule has 1 aromatic rings. The Bertz CT molecular complexity index is 434. The zero-order chi connectivity index (χ0) is 13.5. The maximum atomic E-state index is 11.6. The van der Waals surface area contributed by atoms with Crippen molar-refractivity contribution in [2.24, 2.45) is 0 Å². The van der Waals surface area contributed by atoms with E-state index < -0.39 is 18.0 Å². The van der Waals surface area contributed by atoms with Gasteiger partial charge in [-0.05, 0) is 13.0 Å². The first-order valence-electron chi connectivity index (χ1n) is 5.41. The third kappa shape index (κ3) is 4.06. The number of hydrogen-bond acceptors (Lipinski definition) is 3. The van der Waals surface area contributed by atoms with Crippen molar-refractivity contribution in [3.63, 3.8) is 0 Å². The molecule has 0 spiro atoms. The summed E-state index contributed by atoms with van der Waals surface area (Å²) < 4.78 is 5.00. The molecule has 2 amide bonds. The van der Waals surface area contributed by atoms with Gasteiger partial charge in [0.05, 0.1) is 6.61 Å². The monoisotopic (exact) mass is 252 g/mol. The van der Waals surface area contributed by atoms with Gasteiger partial charge in [0, 0.05) is 18.4 Å². The molecule has 3 N–H and O–H groups in total. The quantitative estimate of drug-likeness (QED) is 0.739. The van der Waals surface area contributed by atoms with E-state index in [0.717, 1.165) is 5.56 Å². The van der Waals surface area contributed by atoms with Gasteiger partial charge < -0.3 is 20.5 Å². The number of rotatable bonds is 5. The summed E-state index contributed by atoms with van der Waals surface area (Å²) in [4.78, 5) is 22.2.